The maximum absolute atomic E-state index is 11.8. The summed E-state index contributed by atoms with van der Waals surface area (Å²) in [5, 5.41) is 3.01. The summed E-state index contributed by atoms with van der Waals surface area (Å²) < 4.78 is 11.8. The lowest BCUT2D eigenvalue weighted by Crippen LogP contribution is -2.11. The maximum atomic E-state index is 11.8. The molecule has 0 saturated carbocycles. The fraction of sp³-hybridized carbons (Fsp3) is 0.429. The summed E-state index contributed by atoms with van der Waals surface area (Å²) in [6.45, 7) is 6.68. The van der Waals surface area contributed by atoms with E-state index in [0.29, 0.717) is 6.54 Å². The molecule has 0 rings (SSSR count). The highest BCUT2D eigenvalue weighted by molar-refractivity contribution is 5.05. The van der Waals surface area contributed by atoms with E-state index in [4.69, 9.17) is 0 Å². The number of rotatable bonds is 4. The highest BCUT2D eigenvalue weighted by Gasteiger charge is 1.77. The topological polar surface area (TPSA) is 12.0 Å². The second-order valence-electron chi connectivity index (χ2n) is 1.66. The van der Waals surface area contributed by atoms with E-state index < -0.39 is 5.83 Å². The van der Waals surface area contributed by atoms with Crippen LogP contribution in [0.3, 0.4) is 0 Å². The van der Waals surface area contributed by atoms with Gasteiger partial charge in [0.2, 0.25) is 0 Å². The quantitative estimate of drug-likeness (QED) is 0.449. The van der Waals surface area contributed by atoms with Gasteiger partial charge in [-0.05, 0) is 12.6 Å². The molecular formula is C7H12FN. The summed E-state index contributed by atoms with van der Waals surface area (Å²) >= 11 is 0. The minimum atomic E-state index is -0.395. The Morgan fingerprint density at radius 1 is 1.78 bits per heavy atom. The van der Waals surface area contributed by atoms with E-state index in [9.17, 15) is 4.39 Å². The second kappa shape index (κ2) is 5.51. The molecule has 0 unspecified atom stereocenters. The normalized spacial score (nSPS) is 10.4. The van der Waals surface area contributed by atoms with Crippen molar-refractivity contribution in [1.82, 2.24) is 5.32 Å². The fourth-order valence-electron chi connectivity index (χ4n) is 0.414. The highest BCUT2D eigenvalue weighted by atomic mass is 19.1. The smallest absolute Gasteiger partial charge is 0.115 e. The van der Waals surface area contributed by atoms with Crippen LogP contribution in [0.25, 0.3) is 0 Å². The Hall–Kier alpha value is -0.630. The molecule has 0 spiro atoms. The minimum Gasteiger partial charge on any atom is -0.314 e. The third-order valence-corrected chi connectivity index (χ3v) is 0.811. The van der Waals surface area contributed by atoms with E-state index in [1.807, 2.05) is 6.92 Å². The third-order valence-electron chi connectivity index (χ3n) is 0.811. The Bertz CT molecular complexity index is 107. The van der Waals surface area contributed by atoms with Gasteiger partial charge < -0.3 is 5.32 Å². The van der Waals surface area contributed by atoms with Crippen molar-refractivity contribution in [2.75, 3.05) is 13.1 Å². The Labute approximate surface area is 55.3 Å². The van der Waals surface area contributed by atoms with Gasteiger partial charge >= 0.3 is 0 Å². The monoisotopic (exact) mass is 129 g/mol. The van der Waals surface area contributed by atoms with Gasteiger partial charge in [0, 0.05) is 6.54 Å². The molecule has 0 aliphatic carbocycles. The summed E-state index contributed by atoms with van der Waals surface area (Å²) in [6.07, 6.45) is 3.05. The van der Waals surface area contributed by atoms with Gasteiger partial charge in [0.15, 0.2) is 0 Å². The first kappa shape index (κ1) is 8.37. The number of hydrogen-bond acceptors (Lipinski definition) is 1. The molecule has 0 amide bonds. The van der Waals surface area contributed by atoms with Crippen LogP contribution in [-0.2, 0) is 0 Å². The minimum absolute atomic E-state index is 0.395. The maximum Gasteiger partial charge on any atom is 0.115 e. The molecule has 0 fully saturated rings. The van der Waals surface area contributed by atoms with Crippen molar-refractivity contribution in [2.24, 2.45) is 0 Å². The van der Waals surface area contributed by atoms with Gasteiger partial charge in [0.1, 0.15) is 5.83 Å². The number of hydrogen-bond donors (Lipinski definition) is 1. The summed E-state index contributed by atoms with van der Waals surface area (Å²) in [7, 11) is 0. The van der Waals surface area contributed by atoms with Gasteiger partial charge in [0.05, 0.1) is 0 Å². The van der Waals surface area contributed by atoms with E-state index in [2.05, 4.69) is 11.9 Å². The van der Waals surface area contributed by atoms with Crippen LogP contribution in [0.2, 0.25) is 0 Å². The van der Waals surface area contributed by atoms with Gasteiger partial charge in [-0.1, -0.05) is 19.6 Å². The lowest BCUT2D eigenvalue weighted by molar-refractivity contribution is 0.669. The summed E-state index contributed by atoms with van der Waals surface area (Å²) in [4.78, 5) is 0. The van der Waals surface area contributed by atoms with Crippen molar-refractivity contribution in [3.8, 4) is 0 Å². The zero-order valence-electron chi connectivity index (χ0n) is 5.65. The molecule has 0 atom stereocenters. The van der Waals surface area contributed by atoms with Crippen molar-refractivity contribution < 1.29 is 4.39 Å². The summed E-state index contributed by atoms with van der Waals surface area (Å²) in [6, 6.07) is 0. The van der Waals surface area contributed by atoms with E-state index in [-0.39, 0.29) is 0 Å². The molecule has 1 N–H and O–H groups in total. The summed E-state index contributed by atoms with van der Waals surface area (Å²) in [5.74, 6) is -0.395. The number of halogens is 1. The molecule has 9 heavy (non-hydrogen) atoms. The van der Waals surface area contributed by atoms with Crippen molar-refractivity contribution in [1.29, 1.82) is 0 Å². The molecule has 0 aliphatic rings. The molecule has 0 aliphatic heterocycles. The van der Waals surface area contributed by atoms with Crippen LogP contribution in [0.5, 0.6) is 0 Å². The standard InChI is InChI=1S/C7H12FN/c1-3-9-6-4-5-7(2)8/h4-5,9H,2-3,6H2,1H3/b5-4-. The summed E-state index contributed by atoms with van der Waals surface area (Å²) in [5.41, 5.74) is 0. The average molecular weight is 129 g/mol. The first-order valence-corrected chi connectivity index (χ1v) is 2.99. The van der Waals surface area contributed by atoms with Gasteiger partial charge in [-0.25, -0.2) is 4.39 Å². The molecule has 2 heteroatoms. The Kier molecular flexibility index (Phi) is 5.12. The lowest BCUT2D eigenvalue weighted by atomic mass is 10.4. The van der Waals surface area contributed by atoms with Crippen LogP contribution in [-0.4, -0.2) is 13.1 Å². The van der Waals surface area contributed by atoms with Crippen molar-refractivity contribution >= 4 is 0 Å². The van der Waals surface area contributed by atoms with Crippen molar-refractivity contribution in [3.05, 3.63) is 24.6 Å². The van der Waals surface area contributed by atoms with Crippen LogP contribution in [0.1, 0.15) is 6.92 Å². The van der Waals surface area contributed by atoms with E-state index in [1.165, 1.54) is 6.08 Å². The van der Waals surface area contributed by atoms with Gasteiger partial charge in [0.25, 0.3) is 0 Å². The van der Waals surface area contributed by atoms with Crippen molar-refractivity contribution in [2.45, 2.75) is 6.92 Å². The zero-order valence-corrected chi connectivity index (χ0v) is 5.65. The van der Waals surface area contributed by atoms with Crippen LogP contribution < -0.4 is 5.32 Å². The Morgan fingerprint density at radius 2 is 2.44 bits per heavy atom. The van der Waals surface area contributed by atoms with E-state index >= 15 is 0 Å². The number of allylic oxidation sites excluding steroid dienone is 2. The molecule has 0 bridgehead atoms. The first-order valence-electron chi connectivity index (χ1n) is 2.99. The number of nitrogens with one attached hydrogen (secondary N) is 1. The molecule has 1 nitrogen and oxygen atoms in total. The van der Waals surface area contributed by atoms with Gasteiger partial charge in [-0.15, -0.1) is 0 Å². The van der Waals surface area contributed by atoms with E-state index in [1.54, 1.807) is 6.08 Å². The lowest BCUT2D eigenvalue weighted by Gasteiger charge is -1.90. The average Bonchev–Trinajstić information content (AvgIpc) is 1.80. The molecule has 0 heterocycles. The molecule has 0 aromatic carbocycles. The molecular weight excluding hydrogens is 117 g/mol. The highest BCUT2D eigenvalue weighted by Crippen LogP contribution is 1.90. The van der Waals surface area contributed by atoms with Gasteiger partial charge in [-0.2, -0.15) is 0 Å². The van der Waals surface area contributed by atoms with Crippen LogP contribution >= 0.6 is 0 Å². The largest absolute Gasteiger partial charge is 0.314 e. The number of likely N-dealkylation sites (N-methyl/N-ethyl adjacent to an activating group) is 1. The predicted molar refractivity (Wildman–Crippen MR) is 37.9 cm³/mol. The molecule has 0 saturated heterocycles. The van der Waals surface area contributed by atoms with Crippen LogP contribution in [0.4, 0.5) is 4.39 Å². The fourth-order valence-corrected chi connectivity index (χ4v) is 0.414. The Balaban J connectivity index is 3.15. The Morgan fingerprint density at radius 3 is 2.89 bits per heavy atom. The van der Waals surface area contributed by atoms with Crippen LogP contribution in [0.15, 0.2) is 24.6 Å². The molecule has 0 aromatic heterocycles. The predicted octanol–water partition coefficient (Wildman–Crippen LogP) is 1.64. The van der Waals surface area contributed by atoms with Crippen LogP contribution in [0, 0.1) is 0 Å². The zero-order chi connectivity index (χ0) is 7.11. The third kappa shape index (κ3) is 7.37. The van der Waals surface area contributed by atoms with Crippen molar-refractivity contribution in [3.63, 3.8) is 0 Å². The first-order chi connectivity index (χ1) is 4.27. The second-order valence-corrected chi connectivity index (χ2v) is 1.66. The molecule has 0 aromatic rings. The van der Waals surface area contributed by atoms with Gasteiger partial charge in [-0.3, -0.25) is 0 Å². The SMILES string of the molecule is C=C(F)/C=C\CNCC. The van der Waals surface area contributed by atoms with E-state index in [0.717, 1.165) is 6.54 Å². The molecule has 0 radical (unpaired) electrons. The molecule has 52 valence electrons.